The zero-order valence-electron chi connectivity index (χ0n) is 8.41. The Kier molecular flexibility index (Phi) is 9.88. The van der Waals surface area contributed by atoms with E-state index in [4.69, 9.17) is 0 Å². The number of unbranched alkanes of at least 4 members (excludes halogenated alkanes) is 1. The summed E-state index contributed by atoms with van der Waals surface area (Å²) in [4.78, 5) is 0. The average Bonchev–Trinajstić information content (AvgIpc) is 2.11. The van der Waals surface area contributed by atoms with E-state index in [-0.39, 0.29) is 0 Å². The van der Waals surface area contributed by atoms with E-state index in [2.05, 4.69) is 35.1 Å². The second-order valence-corrected chi connectivity index (χ2v) is 4.10. The molecular weight excluding hydrogens is 214 g/mol. The van der Waals surface area contributed by atoms with Gasteiger partial charge in [-0.15, -0.1) is 0 Å². The quantitative estimate of drug-likeness (QED) is 0.504. The maximum Gasteiger partial charge on any atom is 0.0157 e. The lowest BCUT2D eigenvalue weighted by molar-refractivity contribution is 0.425. The van der Waals surface area contributed by atoms with Crippen molar-refractivity contribution in [1.29, 1.82) is 0 Å². The van der Waals surface area contributed by atoms with Crippen LogP contribution in [-0.4, -0.2) is 18.4 Å². The zero-order valence-corrected chi connectivity index (χ0v) is 9.99. The fraction of sp³-hybridized carbons (Fsp3) is 1.00. The molecule has 0 rings (SSSR count). The highest BCUT2D eigenvalue weighted by atomic mass is 79.9. The van der Waals surface area contributed by atoms with Crippen molar-refractivity contribution in [3.8, 4) is 0 Å². The molecule has 74 valence electrons. The number of hydrogen-bond acceptors (Lipinski definition) is 1. The van der Waals surface area contributed by atoms with Crippen LogP contribution in [-0.2, 0) is 0 Å². The Hall–Kier alpha value is 0.440. The third-order valence-corrected chi connectivity index (χ3v) is 2.64. The molecule has 0 bridgehead atoms. The first-order valence-electron chi connectivity index (χ1n) is 5.11. The van der Waals surface area contributed by atoms with Gasteiger partial charge >= 0.3 is 0 Å². The molecule has 1 N–H and O–H groups in total. The van der Waals surface area contributed by atoms with E-state index in [1.54, 1.807) is 0 Å². The molecule has 0 aliphatic heterocycles. The highest BCUT2D eigenvalue weighted by molar-refractivity contribution is 9.09. The van der Waals surface area contributed by atoms with Crippen molar-refractivity contribution in [2.24, 2.45) is 5.92 Å². The molecule has 0 heterocycles. The number of nitrogens with one attached hydrogen (secondary N) is 1. The molecule has 0 aromatic rings. The standard InChI is InChI=1S/C10H22BrN/c1-3-5-6-10(4-2)9-12-8-7-11/h10,12H,3-9H2,1-2H3. The first-order valence-corrected chi connectivity index (χ1v) is 6.23. The summed E-state index contributed by atoms with van der Waals surface area (Å²) >= 11 is 3.41. The predicted octanol–water partition coefficient (Wildman–Crippen LogP) is 3.19. The maximum absolute atomic E-state index is 3.45. The van der Waals surface area contributed by atoms with E-state index >= 15 is 0 Å². The van der Waals surface area contributed by atoms with Gasteiger partial charge in [0, 0.05) is 11.9 Å². The molecule has 0 saturated heterocycles. The lowest BCUT2D eigenvalue weighted by Crippen LogP contribution is -2.24. The molecule has 0 spiro atoms. The molecule has 0 radical (unpaired) electrons. The van der Waals surface area contributed by atoms with Crippen LogP contribution in [0.4, 0.5) is 0 Å². The Labute approximate surface area is 85.4 Å². The SMILES string of the molecule is CCCCC(CC)CNCCBr. The van der Waals surface area contributed by atoms with Crippen molar-refractivity contribution >= 4 is 15.9 Å². The van der Waals surface area contributed by atoms with E-state index < -0.39 is 0 Å². The fourth-order valence-corrected chi connectivity index (χ4v) is 1.60. The van der Waals surface area contributed by atoms with Gasteiger partial charge in [-0.2, -0.15) is 0 Å². The van der Waals surface area contributed by atoms with E-state index in [0.29, 0.717) is 0 Å². The summed E-state index contributed by atoms with van der Waals surface area (Å²) in [5.41, 5.74) is 0. The van der Waals surface area contributed by atoms with Gasteiger partial charge < -0.3 is 5.32 Å². The Morgan fingerprint density at radius 2 is 2.08 bits per heavy atom. The van der Waals surface area contributed by atoms with Crippen LogP contribution in [0.1, 0.15) is 39.5 Å². The summed E-state index contributed by atoms with van der Waals surface area (Å²) in [7, 11) is 0. The van der Waals surface area contributed by atoms with E-state index in [1.165, 1.54) is 32.2 Å². The maximum atomic E-state index is 3.45. The van der Waals surface area contributed by atoms with Crippen molar-refractivity contribution in [1.82, 2.24) is 5.32 Å². The summed E-state index contributed by atoms with van der Waals surface area (Å²) in [6, 6.07) is 0. The van der Waals surface area contributed by atoms with Crippen molar-refractivity contribution in [3.63, 3.8) is 0 Å². The number of hydrogen-bond donors (Lipinski definition) is 1. The molecule has 0 fully saturated rings. The minimum absolute atomic E-state index is 0.893. The van der Waals surface area contributed by atoms with Crippen LogP contribution in [0.2, 0.25) is 0 Å². The van der Waals surface area contributed by atoms with Gasteiger partial charge in [0.15, 0.2) is 0 Å². The highest BCUT2D eigenvalue weighted by Gasteiger charge is 2.03. The minimum atomic E-state index is 0.893. The van der Waals surface area contributed by atoms with Crippen molar-refractivity contribution in [3.05, 3.63) is 0 Å². The summed E-state index contributed by atoms with van der Waals surface area (Å²) in [6.45, 7) is 6.85. The third kappa shape index (κ3) is 7.11. The van der Waals surface area contributed by atoms with Gasteiger partial charge in [-0.05, 0) is 18.9 Å². The van der Waals surface area contributed by atoms with E-state index in [9.17, 15) is 0 Å². The molecule has 0 aromatic heterocycles. The first kappa shape index (κ1) is 12.4. The molecule has 0 aliphatic carbocycles. The van der Waals surface area contributed by atoms with Crippen molar-refractivity contribution in [2.45, 2.75) is 39.5 Å². The number of halogens is 1. The van der Waals surface area contributed by atoms with Crippen LogP contribution < -0.4 is 5.32 Å². The van der Waals surface area contributed by atoms with Crippen LogP contribution in [0.25, 0.3) is 0 Å². The van der Waals surface area contributed by atoms with Gasteiger partial charge in [0.2, 0.25) is 0 Å². The lowest BCUT2D eigenvalue weighted by Gasteiger charge is -2.14. The molecule has 1 nitrogen and oxygen atoms in total. The Bertz CT molecular complexity index is 85.9. The number of alkyl halides is 1. The van der Waals surface area contributed by atoms with Gasteiger partial charge in [-0.25, -0.2) is 0 Å². The van der Waals surface area contributed by atoms with Crippen LogP contribution in [0, 0.1) is 5.92 Å². The normalized spacial score (nSPS) is 13.2. The predicted molar refractivity (Wildman–Crippen MR) is 60.0 cm³/mol. The van der Waals surface area contributed by atoms with Gasteiger partial charge in [-0.1, -0.05) is 49.0 Å². The molecular formula is C10H22BrN. The van der Waals surface area contributed by atoms with Crippen LogP contribution in [0.5, 0.6) is 0 Å². The second kappa shape index (κ2) is 9.53. The molecule has 0 aromatic carbocycles. The lowest BCUT2D eigenvalue weighted by atomic mass is 9.99. The highest BCUT2D eigenvalue weighted by Crippen LogP contribution is 2.10. The third-order valence-electron chi connectivity index (χ3n) is 2.25. The van der Waals surface area contributed by atoms with Gasteiger partial charge in [0.1, 0.15) is 0 Å². The average molecular weight is 236 g/mol. The van der Waals surface area contributed by atoms with Crippen molar-refractivity contribution < 1.29 is 0 Å². The number of rotatable bonds is 8. The van der Waals surface area contributed by atoms with Gasteiger partial charge in [0.25, 0.3) is 0 Å². The van der Waals surface area contributed by atoms with Crippen molar-refractivity contribution in [2.75, 3.05) is 18.4 Å². The molecule has 0 aliphatic rings. The van der Waals surface area contributed by atoms with Gasteiger partial charge in [-0.3, -0.25) is 0 Å². The fourth-order valence-electron chi connectivity index (χ4n) is 1.32. The molecule has 12 heavy (non-hydrogen) atoms. The summed E-state index contributed by atoms with van der Waals surface area (Å²) < 4.78 is 0. The molecule has 0 saturated carbocycles. The van der Waals surface area contributed by atoms with Crippen LogP contribution in [0.15, 0.2) is 0 Å². The molecule has 1 unspecified atom stereocenters. The molecule has 0 amide bonds. The first-order chi connectivity index (χ1) is 5.85. The molecule has 1 atom stereocenters. The summed E-state index contributed by atoms with van der Waals surface area (Å²) in [5, 5.41) is 4.51. The molecule has 2 heteroatoms. The minimum Gasteiger partial charge on any atom is -0.316 e. The Balaban J connectivity index is 3.26. The second-order valence-electron chi connectivity index (χ2n) is 3.31. The Morgan fingerprint density at radius 3 is 2.58 bits per heavy atom. The topological polar surface area (TPSA) is 12.0 Å². The Morgan fingerprint density at radius 1 is 1.33 bits per heavy atom. The van der Waals surface area contributed by atoms with Crippen LogP contribution in [0.3, 0.4) is 0 Å². The van der Waals surface area contributed by atoms with Crippen LogP contribution >= 0.6 is 15.9 Å². The summed E-state index contributed by atoms with van der Waals surface area (Å²) in [6.07, 6.45) is 5.42. The van der Waals surface area contributed by atoms with Gasteiger partial charge in [0.05, 0.1) is 0 Å². The summed E-state index contributed by atoms with van der Waals surface area (Å²) in [5.74, 6) is 0.893. The van der Waals surface area contributed by atoms with E-state index in [1.807, 2.05) is 0 Å². The zero-order chi connectivity index (χ0) is 9.23. The smallest absolute Gasteiger partial charge is 0.0157 e. The monoisotopic (exact) mass is 235 g/mol. The largest absolute Gasteiger partial charge is 0.316 e. The van der Waals surface area contributed by atoms with E-state index in [0.717, 1.165) is 17.8 Å².